The van der Waals surface area contributed by atoms with E-state index in [2.05, 4.69) is 33.4 Å². The van der Waals surface area contributed by atoms with Gasteiger partial charge in [0.25, 0.3) is 0 Å². The van der Waals surface area contributed by atoms with Gasteiger partial charge in [-0.3, -0.25) is 0 Å². The van der Waals surface area contributed by atoms with Crippen LogP contribution in [0.3, 0.4) is 0 Å². The Kier molecular flexibility index (Phi) is 8.18. The summed E-state index contributed by atoms with van der Waals surface area (Å²) in [4.78, 5) is 0. The Morgan fingerprint density at radius 1 is 1.15 bits per heavy atom. The molecule has 0 amide bonds. The smallest absolute Gasteiger partial charge is 0.0325 e. The Morgan fingerprint density at radius 2 is 1.77 bits per heavy atom. The molecular weight excluding hydrogens is 156 g/mol. The standard InChI is InChI=1S/C13H26/c1-5-9-13(6-2)11-8-7-10-12(3)4/h5,12-13H,1,6-11H2,2-4H3. The predicted molar refractivity (Wildman–Crippen MR) is 61.9 cm³/mol. The molecule has 0 fully saturated rings. The summed E-state index contributed by atoms with van der Waals surface area (Å²) in [5.74, 6) is 1.77. The Morgan fingerprint density at radius 3 is 2.23 bits per heavy atom. The van der Waals surface area contributed by atoms with Crippen molar-refractivity contribution < 1.29 is 0 Å². The van der Waals surface area contributed by atoms with Crippen LogP contribution in [0, 0.1) is 11.8 Å². The van der Waals surface area contributed by atoms with E-state index in [1.54, 1.807) is 0 Å². The number of rotatable bonds is 8. The van der Waals surface area contributed by atoms with Crippen LogP contribution in [0.5, 0.6) is 0 Å². The highest BCUT2D eigenvalue weighted by Crippen LogP contribution is 2.18. The molecule has 13 heavy (non-hydrogen) atoms. The maximum absolute atomic E-state index is 3.80. The molecule has 0 aliphatic heterocycles. The molecule has 0 rings (SSSR count). The molecule has 0 aromatic heterocycles. The van der Waals surface area contributed by atoms with Crippen molar-refractivity contribution in [3.05, 3.63) is 12.7 Å². The third-order valence-corrected chi connectivity index (χ3v) is 2.72. The van der Waals surface area contributed by atoms with Gasteiger partial charge in [0.15, 0.2) is 0 Å². The maximum atomic E-state index is 3.80. The first-order chi connectivity index (χ1) is 6.20. The quantitative estimate of drug-likeness (QED) is 0.373. The van der Waals surface area contributed by atoms with Crippen LogP contribution in [0.15, 0.2) is 12.7 Å². The topological polar surface area (TPSA) is 0 Å². The molecule has 1 atom stereocenters. The fraction of sp³-hybridized carbons (Fsp3) is 0.846. The lowest BCUT2D eigenvalue weighted by molar-refractivity contribution is 0.431. The van der Waals surface area contributed by atoms with Crippen molar-refractivity contribution in [3.63, 3.8) is 0 Å². The summed E-state index contributed by atoms with van der Waals surface area (Å²) in [5.41, 5.74) is 0. The minimum absolute atomic E-state index is 0.875. The van der Waals surface area contributed by atoms with Crippen LogP contribution in [0.4, 0.5) is 0 Å². The second-order valence-electron chi connectivity index (χ2n) is 4.48. The summed E-state index contributed by atoms with van der Waals surface area (Å²) in [7, 11) is 0. The van der Waals surface area contributed by atoms with Crippen molar-refractivity contribution in [2.75, 3.05) is 0 Å². The summed E-state index contributed by atoms with van der Waals surface area (Å²) >= 11 is 0. The molecule has 0 radical (unpaired) electrons. The lowest BCUT2D eigenvalue weighted by Gasteiger charge is -2.12. The average molecular weight is 182 g/mol. The molecule has 0 nitrogen and oxygen atoms in total. The first kappa shape index (κ1) is 12.7. The van der Waals surface area contributed by atoms with E-state index in [4.69, 9.17) is 0 Å². The van der Waals surface area contributed by atoms with Crippen LogP contribution in [0.25, 0.3) is 0 Å². The number of hydrogen-bond donors (Lipinski definition) is 0. The van der Waals surface area contributed by atoms with Gasteiger partial charge in [0.2, 0.25) is 0 Å². The Bertz CT molecular complexity index is 113. The average Bonchev–Trinajstić information content (AvgIpc) is 2.10. The summed E-state index contributed by atoms with van der Waals surface area (Å²) in [6.45, 7) is 10.7. The van der Waals surface area contributed by atoms with Gasteiger partial charge in [-0.1, -0.05) is 59.0 Å². The highest BCUT2D eigenvalue weighted by molar-refractivity contribution is 4.72. The Labute approximate surface area is 84.4 Å². The van der Waals surface area contributed by atoms with Crippen LogP contribution in [-0.4, -0.2) is 0 Å². The van der Waals surface area contributed by atoms with Crippen molar-refractivity contribution in [2.45, 2.75) is 59.3 Å². The zero-order chi connectivity index (χ0) is 10.1. The molecule has 78 valence electrons. The zero-order valence-corrected chi connectivity index (χ0v) is 9.68. The molecule has 0 spiro atoms. The molecular formula is C13H26. The fourth-order valence-corrected chi connectivity index (χ4v) is 1.71. The van der Waals surface area contributed by atoms with Gasteiger partial charge in [-0.25, -0.2) is 0 Å². The molecule has 0 bridgehead atoms. The van der Waals surface area contributed by atoms with E-state index in [1.807, 2.05) is 0 Å². The first-order valence-corrected chi connectivity index (χ1v) is 5.81. The maximum Gasteiger partial charge on any atom is -0.0325 e. The van der Waals surface area contributed by atoms with E-state index in [0.29, 0.717) is 0 Å². The van der Waals surface area contributed by atoms with Crippen molar-refractivity contribution in [1.82, 2.24) is 0 Å². The summed E-state index contributed by atoms with van der Waals surface area (Å²) in [6, 6.07) is 0. The van der Waals surface area contributed by atoms with Gasteiger partial charge in [0.05, 0.1) is 0 Å². The second kappa shape index (κ2) is 8.34. The number of allylic oxidation sites excluding steroid dienone is 1. The molecule has 0 aliphatic rings. The van der Waals surface area contributed by atoms with Crippen LogP contribution in [-0.2, 0) is 0 Å². The van der Waals surface area contributed by atoms with Gasteiger partial charge in [-0.2, -0.15) is 0 Å². The van der Waals surface area contributed by atoms with Gasteiger partial charge in [0, 0.05) is 0 Å². The molecule has 1 unspecified atom stereocenters. The van der Waals surface area contributed by atoms with Crippen LogP contribution in [0.2, 0.25) is 0 Å². The van der Waals surface area contributed by atoms with Crippen molar-refractivity contribution >= 4 is 0 Å². The molecule has 0 saturated heterocycles. The minimum atomic E-state index is 0.875. The van der Waals surface area contributed by atoms with E-state index in [9.17, 15) is 0 Å². The van der Waals surface area contributed by atoms with Crippen molar-refractivity contribution in [2.24, 2.45) is 11.8 Å². The Hall–Kier alpha value is -0.260. The van der Waals surface area contributed by atoms with Gasteiger partial charge in [0.1, 0.15) is 0 Å². The summed E-state index contributed by atoms with van der Waals surface area (Å²) in [5, 5.41) is 0. The van der Waals surface area contributed by atoms with Gasteiger partial charge >= 0.3 is 0 Å². The molecule has 0 aromatic carbocycles. The van der Waals surface area contributed by atoms with Crippen molar-refractivity contribution in [3.8, 4) is 0 Å². The SMILES string of the molecule is C=CCC(CC)CCCCC(C)C. The lowest BCUT2D eigenvalue weighted by Crippen LogP contribution is -1.97. The number of hydrogen-bond acceptors (Lipinski definition) is 0. The largest absolute Gasteiger partial charge is 0.103 e. The van der Waals surface area contributed by atoms with E-state index in [-0.39, 0.29) is 0 Å². The molecule has 0 heteroatoms. The third kappa shape index (κ3) is 8.08. The van der Waals surface area contributed by atoms with Crippen molar-refractivity contribution in [1.29, 1.82) is 0 Å². The molecule has 0 heterocycles. The highest BCUT2D eigenvalue weighted by Gasteiger charge is 2.03. The van der Waals surface area contributed by atoms with Crippen LogP contribution < -0.4 is 0 Å². The monoisotopic (exact) mass is 182 g/mol. The second-order valence-corrected chi connectivity index (χ2v) is 4.48. The summed E-state index contributed by atoms with van der Waals surface area (Å²) < 4.78 is 0. The third-order valence-electron chi connectivity index (χ3n) is 2.72. The molecule has 0 N–H and O–H groups in total. The summed E-state index contributed by atoms with van der Waals surface area (Å²) in [6.07, 6.45) is 10.2. The molecule has 0 saturated carbocycles. The molecule has 0 aromatic rings. The van der Waals surface area contributed by atoms with Gasteiger partial charge in [-0.15, -0.1) is 6.58 Å². The highest BCUT2D eigenvalue weighted by atomic mass is 14.1. The van der Waals surface area contributed by atoms with E-state index >= 15 is 0 Å². The Balaban J connectivity index is 3.32. The van der Waals surface area contributed by atoms with E-state index in [1.165, 1.54) is 38.5 Å². The zero-order valence-electron chi connectivity index (χ0n) is 9.68. The predicted octanol–water partition coefficient (Wildman–Crippen LogP) is 4.81. The van der Waals surface area contributed by atoms with Gasteiger partial charge < -0.3 is 0 Å². The van der Waals surface area contributed by atoms with E-state index in [0.717, 1.165) is 11.8 Å². The number of unbranched alkanes of at least 4 members (excludes halogenated alkanes) is 1. The normalized spacial score (nSPS) is 13.2. The van der Waals surface area contributed by atoms with Gasteiger partial charge in [-0.05, 0) is 18.3 Å². The van der Waals surface area contributed by atoms with E-state index < -0.39 is 0 Å². The fourth-order valence-electron chi connectivity index (χ4n) is 1.71. The minimum Gasteiger partial charge on any atom is -0.103 e. The van der Waals surface area contributed by atoms with Crippen LogP contribution >= 0.6 is 0 Å². The molecule has 0 aliphatic carbocycles. The lowest BCUT2D eigenvalue weighted by atomic mass is 9.94. The first-order valence-electron chi connectivity index (χ1n) is 5.81. The van der Waals surface area contributed by atoms with Crippen LogP contribution in [0.1, 0.15) is 59.3 Å².